The predicted molar refractivity (Wildman–Crippen MR) is 496 cm³/mol. The Hall–Kier alpha value is -12.8. The molecule has 0 spiro atoms. The van der Waals surface area contributed by atoms with Gasteiger partial charge in [-0.1, -0.05) is 207 Å². The molecule has 0 radical (unpaired) electrons. The topological polar surface area (TPSA) is 312 Å². The molecule has 8 heterocycles. The highest BCUT2D eigenvalue weighted by atomic mass is 35.5. The molecule has 640 valence electrons. The molecule has 0 fully saturated rings. The molecule has 9 aromatic rings. The van der Waals surface area contributed by atoms with Crippen molar-refractivity contribution in [1.29, 1.82) is 0 Å². The fourth-order valence-electron chi connectivity index (χ4n) is 16.0. The summed E-state index contributed by atoms with van der Waals surface area (Å²) in [4.78, 5) is 133. The van der Waals surface area contributed by atoms with Crippen molar-refractivity contribution in [3.05, 3.63) is 319 Å². The number of hydrogen-bond acceptors (Lipinski definition) is 17. The van der Waals surface area contributed by atoms with Gasteiger partial charge in [-0.25, -0.2) is 39.3 Å². The van der Waals surface area contributed by atoms with Crippen molar-refractivity contribution in [2.24, 2.45) is 4.99 Å². The summed E-state index contributed by atoms with van der Waals surface area (Å²) in [6.45, 7) is 36.5. The van der Waals surface area contributed by atoms with E-state index in [0.717, 1.165) is 112 Å². The molecule has 7 aliphatic heterocycles. The summed E-state index contributed by atoms with van der Waals surface area (Å²) in [5.41, 5.74) is 18.4. The number of aromatic amines is 4. The molecule has 7 aliphatic rings. The number of aromatic nitrogens is 14. The monoisotopic (exact) mass is 1680 g/mol. The van der Waals surface area contributed by atoms with Crippen LogP contribution in [0.4, 0.5) is 17.2 Å². The number of hydrogen-bond donors (Lipinski definition) is 4. The Morgan fingerprint density at radius 3 is 1.44 bits per heavy atom. The molecule has 1 aromatic heterocycles. The van der Waals surface area contributed by atoms with Gasteiger partial charge in [0, 0.05) is 37.7 Å². The third kappa shape index (κ3) is 20.8. The smallest absolute Gasteiger partial charge is 0.349 e. The Morgan fingerprint density at radius 1 is 0.452 bits per heavy atom. The van der Waals surface area contributed by atoms with E-state index in [1.807, 2.05) is 69.2 Å². The standard InChI is InChI=1S/C25H27ClN4O.C25H28N4O3.C25H28N4O2.C24H26N4O2/c1-5-6-19-14-21-22(13-16(19)3)30(24-23(29-21)25(31)28-17(4)27-24)12-11-15(2)18-7-9-20(26)10-8-18;1-5-32-19(12-17-8-6-16(4)7-9-17)14-29-21-11-10-18(15(2)3)13-20(21)26-22-23(29)27-25(31)28-24(22)30;1-5-17(18-8-6-16(4)7-9-18)12-13-29-21-11-10-19(15(2)3)14-20(21)26-22-23(29)27-25(31)28-24(22)30;1-4-16(3)18-11-12-20-19(14-18)25-21-22(26-24(30)27-23(21)29)28(20)13-5-6-17-9-7-15(2)8-10-17/h7-10,13-15H,4-6,11-12H2,1-3H3,(H,28,31);6-11,13,15,19H,5,12,14H2,1-4H3,(H,28,30,31);6-11,14-15,17H,5,12-13H2,1-4H3,(H,28,30,31);7-12,14,16H,4-6,13H2,1-3H3,(H,27,29,30). The maximum atomic E-state index is 12.6. The first-order valence-electron chi connectivity index (χ1n) is 43.0. The number of rotatable bonds is 25. The number of H-pyrrole nitrogens is 4. The summed E-state index contributed by atoms with van der Waals surface area (Å²) in [5, 5.41) is 1.09. The number of ether oxygens (including phenoxy) is 1. The normalized spacial score (nSPS) is 12.8. The average Bonchev–Trinajstić information content (AvgIpc) is 0.802. The van der Waals surface area contributed by atoms with E-state index < -0.39 is 33.7 Å². The molecule has 24 nitrogen and oxygen atoms in total. The average molecular weight is 1690 g/mol. The van der Waals surface area contributed by atoms with Crippen LogP contribution in [0.3, 0.4) is 0 Å². The highest BCUT2D eigenvalue weighted by Crippen LogP contribution is 2.39. The minimum absolute atomic E-state index is 0.156. The Bertz CT molecular complexity index is 6810. The van der Waals surface area contributed by atoms with Crippen LogP contribution in [-0.2, 0) is 43.6 Å². The molecule has 124 heavy (non-hydrogen) atoms. The summed E-state index contributed by atoms with van der Waals surface area (Å²) in [7, 11) is 0. The van der Waals surface area contributed by atoms with Crippen molar-refractivity contribution in [3.8, 4) is 34.6 Å². The maximum absolute atomic E-state index is 12.6. The highest BCUT2D eigenvalue weighted by molar-refractivity contribution is 6.30. The van der Waals surface area contributed by atoms with Crippen LogP contribution in [0.1, 0.15) is 204 Å². The molecule has 0 aliphatic carbocycles. The molecule has 8 aromatic carbocycles. The zero-order chi connectivity index (χ0) is 88.3. The first-order chi connectivity index (χ1) is 59.5. The number of fused-ring (bicyclic) bond motifs is 8. The molecule has 0 amide bonds. The van der Waals surface area contributed by atoms with E-state index in [-0.39, 0.29) is 34.6 Å². The highest BCUT2D eigenvalue weighted by Gasteiger charge is 2.28. The van der Waals surface area contributed by atoms with Crippen LogP contribution in [0, 0.1) is 27.7 Å². The van der Waals surface area contributed by atoms with Crippen LogP contribution < -0.4 is 55.0 Å². The molecule has 0 bridgehead atoms. The van der Waals surface area contributed by atoms with Crippen molar-refractivity contribution in [1.82, 2.24) is 68.5 Å². The SMILES string of the molecule is C=c1nc2c(c(=O)[nH]1)=Nc1cc(CCC)c(C)cc1N2CCC(C)c1ccc(Cl)cc1.CCC(C)c1ccc2c(c1)nc1c(=O)[nH]c(=O)nc-1n2CCCc1ccc(C)cc1.CCC(CCn1c2nc(=O)[nH]c(=O)c-2nc2cc(C(C)C)ccc21)c1ccc(C)cc1.CCOC(Cc1ccc(C)cc1)Cn1c2nc(=O)[nH]c(=O)c-2nc2cc(C(C)C)ccc21. The van der Waals surface area contributed by atoms with E-state index in [1.54, 1.807) is 0 Å². The number of nitrogens with one attached hydrogen (secondary N) is 4. The fourth-order valence-corrected chi connectivity index (χ4v) is 16.1. The first-order valence-corrected chi connectivity index (χ1v) is 43.4. The first kappa shape index (κ1) is 89.0. The van der Waals surface area contributed by atoms with Crippen LogP contribution in [0.25, 0.3) is 74.2 Å². The molecule has 4 unspecified atom stereocenters. The van der Waals surface area contributed by atoms with E-state index in [1.165, 1.54) is 50.1 Å². The van der Waals surface area contributed by atoms with Gasteiger partial charge in [-0.15, -0.1) is 0 Å². The van der Waals surface area contributed by atoms with Crippen molar-refractivity contribution in [3.63, 3.8) is 0 Å². The Morgan fingerprint density at radius 2 is 0.927 bits per heavy atom. The number of aryl methyl sites for hydroxylation is 8. The number of benzene rings is 8. The molecular weight excluding hydrogens is 1580 g/mol. The van der Waals surface area contributed by atoms with Gasteiger partial charge in [0.2, 0.25) is 0 Å². The second-order valence-corrected chi connectivity index (χ2v) is 33.5. The van der Waals surface area contributed by atoms with Gasteiger partial charge < -0.3 is 28.3 Å². The summed E-state index contributed by atoms with van der Waals surface area (Å²) in [6, 6.07) is 56.1. The van der Waals surface area contributed by atoms with Crippen molar-refractivity contribution < 1.29 is 4.74 Å². The number of halogens is 1. The number of anilines is 2. The second-order valence-electron chi connectivity index (χ2n) is 33.1. The predicted octanol–water partition coefficient (Wildman–Crippen LogP) is 17.0. The van der Waals surface area contributed by atoms with Crippen LogP contribution in [0.15, 0.2) is 202 Å². The van der Waals surface area contributed by atoms with E-state index >= 15 is 0 Å². The van der Waals surface area contributed by atoms with Crippen molar-refractivity contribution in [2.45, 2.75) is 210 Å². The van der Waals surface area contributed by atoms with Crippen LogP contribution in [0.5, 0.6) is 0 Å². The van der Waals surface area contributed by atoms with Crippen LogP contribution >= 0.6 is 11.6 Å². The van der Waals surface area contributed by atoms with Gasteiger partial charge in [-0.05, 0) is 220 Å². The van der Waals surface area contributed by atoms with E-state index in [2.05, 4.69) is 277 Å². The number of nitrogens with zero attached hydrogens (tertiary/aromatic N) is 12. The van der Waals surface area contributed by atoms with Crippen molar-refractivity contribution >= 4 is 68.5 Å². The summed E-state index contributed by atoms with van der Waals surface area (Å²) < 4.78 is 11.9. The van der Waals surface area contributed by atoms with Gasteiger partial charge in [0.15, 0.2) is 45.7 Å². The summed E-state index contributed by atoms with van der Waals surface area (Å²) in [6.07, 6.45) is 8.12. The lowest BCUT2D eigenvalue weighted by molar-refractivity contribution is 0.0517. The fraction of sp³-hybridized carbons (Fsp3) is 0.343. The zero-order valence-corrected chi connectivity index (χ0v) is 73.9. The Labute approximate surface area is 724 Å². The molecule has 0 saturated heterocycles. The molecule has 16 rings (SSSR count). The lowest BCUT2D eigenvalue weighted by atomic mass is 9.92. The quantitative estimate of drug-likeness (QED) is 0.0386. The second kappa shape index (κ2) is 39.6. The third-order valence-corrected chi connectivity index (χ3v) is 23.6. The van der Waals surface area contributed by atoms with Gasteiger partial charge in [0.1, 0.15) is 5.48 Å². The minimum atomic E-state index is -0.678. The van der Waals surface area contributed by atoms with Gasteiger partial charge >= 0.3 is 17.1 Å². The zero-order valence-electron chi connectivity index (χ0n) is 73.2. The summed E-state index contributed by atoms with van der Waals surface area (Å²) in [5.74, 6) is 3.31. The van der Waals surface area contributed by atoms with E-state index in [9.17, 15) is 33.6 Å². The molecule has 0 saturated carbocycles. The van der Waals surface area contributed by atoms with Crippen molar-refractivity contribution in [2.75, 3.05) is 18.1 Å². The van der Waals surface area contributed by atoms with E-state index in [4.69, 9.17) is 16.3 Å². The molecular formula is C99H109ClN16O8. The lowest BCUT2D eigenvalue weighted by Gasteiger charge is -2.30. The Balaban J connectivity index is 0.000000142. The third-order valence-electron chi connectivity index (χ3n) is 23.4. The Kier molecular flexibility index (Phi) is 28.4. The van der Waals surface area contributed by atoms with Gasteiger partial charge in [0.05, 0.1) is 57.1 Å². The minimum Gasteiger partial charge on any atom is -0.376 e. The van der Waals surface area contributed by atoms with Gasteiger partial charge in [-0.3, -0.25) is 34.1 Å². The lowest BCUT2D eigenvalue weighted by Crippen LogP contribution is -2.42. The van der Waals surface area contributed by atoms with Crippen LogP contribution in [0.2, 0.25) is 5.02 Å². The van der Waals surface area contributed by atoms with E-state index in [0.29, 0.717) is 103 Å². The molecule has 4 N–H and O–H groups in total. The van der Waals surface area contributed by atoms with Gasteiger partial charge in [-0.2, -0.15) is 15.0 Å². The molecule has 25 heteroatoms. The molecule has 4 atom stereocenters. The van der Waals surface area contributed by atoms with Gasteiger partial charge in [0.25, 0.3) is 22.2 Å². The maximum Gasteiger partial charge on any atom is 0.349 e. The summed E-state index contributed by atoms with van der Waals surface area (Å²) >= 11 is 6.04. The largest absolute Gasteiger partial charge is 0.376 e. The van der Waals surface area contributed by atoms with Crippen LogP contribution in [-0.4, -0.2) is 87.8 Å².